The topological polar surface area (TPSA) is 52.9 Å². The first-order valence-electron chi connectivity index (χ1n) is 10.00. The van der Waals surface area contributed by atoms with Gasteiger partial charge in [0.1, 0.15) is 0 Å². The summed E-state index contributed by atoms with van der Waals surface area (Å²) < 4.78 is 0. The van der Waals surface area contributed by atoms with Crippen molar-refractivity contribution in [3.8, 4) is 0 Å². The van der Waals surface area contributed by atoms with Crippen LogP contribution in [0.5, 0.6) is 0 Å². The van der Waals surface area contributed by atoms with E-state index in [1.165, 1.54) is 16.7 Å². The van der Waals surface area contributed by atoms with Crippen LogP contribution in [0.3, 0.4) is 0 Å². The number of aromatic nitrogens is 1. The van der Waals surface area contributed by atoms with Crippen molar-refractivity contribution in [1.29, 1.82) is 0 Å². The molecule has 4 aliphatic heterocycles. The number of nitrogens with zero attached hydrogens (tertiary/aromatic N) is 3. The lowest BCUT2D eigenvalue weighted by molar-refractivity contribution is 1.24. The molecule has 0 unspecified atom stereocenters. The fraction of sp³-hybridized carbons (Fsp3) is 0.0385. The van der Waals surface area contributed by atoms with Gasteiger partial charge in [-0.3, -0.25) is 4.99 Å². The number of H-pyrrole nitrogens is 1. The zero-order valence-corrected chi connectivity index (χ0v) is 16.2. The third-order valence-corrected chi connectivity index (χ3v) is 5.40. The zero-order valence-electron chi connectivity index (χ0n) is 16.2. The van der Waals surface area contributed by atoms with Gasteiger partial charge in [-0.05, 0) is 65.8 Å². The van der Waals surface area contributed by atoms with E-state index in [9.17, 15) is 0 Å². The summed E-state index contributed by atoms with van der Waals surface area (Å²) in [6.07, 6.45) is 17.0. The molecule has 0 saturated carbocycles. The predicted molar refractivity (Wildman–Crippen MR) is 123 cm³/mol. The first-order valence-corrected chi connectivity index (χ1v) is 10.00. The number of nitrogens with one attached hydrogen (secondary N) is 1. The van der Waals surface area contributed by atoms with Crippen molar-refractivity contribution in [3.05, 3.63) is 118 Å². The van der Waals surface area contributed by atoms with Crippen LogP contribution in [0.1, 0.15) is 12.0 Å². The van der Waals surface area contributed by atoms with E-state index in [1.807, 2.05) is 42.6 Å². The highest BCUT2D eigenvalue weighted by Gasteiger charge is 2.17. The summed E-state index contributed by atoms with van der Waals surface area (Å²) in [4.78, 5) is 17.7. The predicted octanol–water partition coefficient (Wildman–Crippen LogP) is 3.53. The summed E-state index contributed by atoms with van der Waals surface area (Å²) in [5, 5.41) is 2.10. The maximum Gasteiger partial charge on any atom is 0.0659 e. The summed E-state index contributed by atoms with van der Waals surface area (Å²) >= 11 is 0. The molecule has 1 N–H and O–H groups in total. The molecular formula is C26H18N4. The molecule has 8 bridgehead atoms. The molecule has 0 fully saturated rings. The molecule has 5 heterocycles. The fourth-order valence-electron chi connectivity index (χ4n) is 4.04. The largest absolute Gasteiger partial charge is 0.355 e. The lowest BCUT2D eigenvalue weighted by Gasteiger charge is -2.08. The quantitative estimate of drug-likeness (QED) is 0.780. The van der Waals surface area contributed by atoms with E-state index in [-0.39, 0.29) is 0 Å². The van der Waals surface area contributed by atoms with E-state index in [1.54, 1.807) is 0 Å². The molecule has 0 radical (unpaired) electrons. The molecule has 30 heavy (non-hydrogen) atoms. The molecule has 1 aromatic carbocycles. The van der Waals surface area contributed by atoms with Gasteiger partial charge in [-0.15, -0.1) is 0 Å². The smallest absolute Gasteiger partial charge is 0.0659 e. The van der Waals surface area contributed by atoms with Crippen LogP contribution in [-0.2, 0) is 0 Å². The van der Waals surface area contributed by atoms with Gasteiger partial charge in [-0.2, -0.15) is 0 Å². The minimum Gasteiger partial charge on any atom is -0.355 e. The number of fused-ring (bicyclic) bond motifs is 6. The summed E-state index contributed by atoms with van der Waals surface area (Å²) in [5.41, 5.74) is 8.21. The van der Waals surface area contributed by atoms with Crippen LogP contribution >= 0.6 is 0 Å². The Labute approximate surface area is 173 Å². The van der Waals surface area contributed by atoms with Crippen molar-refractivity contribution in [2.75, 3.05) is 0 Å². The van der Waals surface area contributed by atoms with Crippen molar-refractivity contribution < 1.29 is 0 Å². The van der Waals surface area contributed by atoms with Gasteiger partial charge in [0.05, 0.1) is 22.8 Å². The molecular weight excluding hydrogens is 368 g/mol. The number of benzene rings is 1. The summed E-state index contributed by atoms with van der Waals surface area (Å²) in [6, 6.07) is 14.7. The number of hydrogen-bond acceptors (Lipinski definition) is 3. The van der Waals surface area contributed by atoms with Crippen molar-refractivity contribution in [2.45, 2.75) is 6.42 Å². The van der Waals surface area contributed by atoms with Crippen LogP contribution in [-0.4, -0.2) is 22.1 Å². The summed E-state index contributed by atoms with van der Waals surface area (Å²) in [7, 11) is 0. The van der Waals surface area contributed by atoms with Gasteiger partial charge >= 0.3 is 0 Å². The van der Waals surface area contributed by atoms with E-state index in [0.717, 1.165) is 45.6 Å². The highest BCUT2D eigenvalue weighted by atomic mass is 14.8. The highest BCUT2D eigenvalue weighted by molar-refractivity contribution is 6.20. The van der Waals surface area contributed by atoms with Gasteiger partial charge in [0.15, 0.2) is 0 Å². The fourth-order valence-corrected chi connectivity index (χ4v) is 4.04. The van der Waals surface area contributed by atoms with Crippen LogP contribution < -0.4 is 10.7 Å². The number of aliphatic imine (C=N–C) groups is 3. The molecule has 1 aromatic heterocycles. The van der Waals surface area contributed by atoms with Gasteiger partial charge in [0.2, 0.25) is 0 Å². The highest BCUT2D eigenvalue weighted by Crippen LogP contribution is 2.28. The molecule has 0 aliphatic carbocycles. The van der Waals surface area contributed by atoms with Crippen molar-refractivity contribution >= 4 is 28.8 Å². The van der Waals surface area contributed by atoms with Crippen molar-refractivity contribution in [1.82, 2.24) is 4.98 Å². The Kier molecular flexibility index (Phi) is 3.81. The second-order valence-electron chi connectivity index (χ2n) is 7.54. The van der Waals surface area contributed by atoms with E-state index < -0.39 is 0 Å². The maximum absolute atomic E-state index is 4.70. The zero-order chi connectivity index (χ0) is 19.9. The number of allylic oxidation sites excluding steroid dienone is 7. The van der Waals surface area contributed by atoms with Crippen LogP contribution in [0.15, 0.2) is 117 Å². The molecule has 0 saturated heterocycles. The molecule has 0 spiro atoms. The van der Waals surface area contributed by atoms with Crippen LogP contribution in [0, 0.1) is 0 Å². The van der Waals surface area contributed by atoms with Crippen LogP contribution in [0.4, 0.5) is 0 Å². The van der Waals surface area contributed by atoms with E-state index in [2.05, 4.69) is 58.5 Å². The van der Waals surface area contributed by atoms with Gasteiger partial charge in [-0.25, -0.2) is 9.98 Å². The number of aromatic amines is 1. The SMILES string of the molecule is C1=CC2=NC1=CC1=NC=C(C1)C(c1ccccc1)=c1ccc([nH]1)=CC1=NC(=C2)C=C1. The number of rotatable bonds is 1. The maximum atomic E-state index is 4.70. The third-order valence-electron chi connectivity index (χ3n) is 5.40. The standard InChI is InChI=1S/C26H18N4/c1-2-4-17(5-3-1)26-18-12-24(27-16-18)15-22-9-8-20(29-22)13-19-6-7-21(28-19)14-23-10-11-25(26)30-23/h1-11,13-16,30H,12H2. The Morgan fingerprint density at radius 2 is 1.50 bits per heavy atom. The molecule has 2 aromatic rings. The Morgan fingerprint density at radius 1 is 0.733 bits per heavy atom. The monoisotopic (exact) mass is 386 g/mol. The molecule has 142 valence electrons. The lowest BCUT2D eigenvalue weighted by atomic mass is 9.95. The third kappa shape index (κ3) is 3.08. The van der Waals surface area contributed by atoms with Gasteiger partial charge in [0.25, 0.3) is 0 Å². The lowest BCUT2D eigenvalue weighted by Crippen LogP contribution is -2.15. The van der Waals surface area contributed by atoms with Gasteiger partial charge in [-0.1, -0.05) is 30.3 Å². The van der Waals surface area contributed by atoms with Gasteiger partial charge < -0.3 is 4.98 Å². The summed E-state index contributed by atoms with van der Waals surface area (Å²) in [6.45, 7) is 0. The Bertz CT molecular complexity index is 1430. The van der Waals surface area contributed by atoms with E-state index in [4.69, 9.17) is 9.98 Å². The van der Waals surface area contributed by atoms with Gasteiger partial charge in [0, 0.05) is 34.6 Å². The van der Waals surface area contributed by atoms with Crippen LogP contribution in [0.2, 0.25) is 0 Å². The Hall–Kier alpha value is -4.05. The average molecular weight is 386 g/mol. The van der Waals surface area contributed by atoms with E-state index >= 15 is 0 Å². The van der Waals surface area contributed by atoms with Crippen molar-refractivity contribution in [2.24, 2.45) is 15.0 Å². The molecule has 4 heteroatoms. The van der Waals surface area contributed by atoms with E-state index in [0.29, 0.717) is 0 Å². The minimum atomic E-state index is 0.778. The molecule has 6 rings (SSSR count). The molecule has 4 aliphatic rings. The average Bonchev–Trinajstić information content (AvgIpc) is 3.54. The number of hydrogen-bond donors (Lipinski definition) is 1. The minimum absolute atomic E-state index is 0.778. The second-order valence-corrected chi connectivity index (χ2v) is 7.54. The molecule has 4 nitrogen and oxygen atoms in total. The summed E-state index contributed by atoms with van der Waals surface area (Å²) in [5.74, 6) is 0. The van der Waals surface area contributed by atoms with Crippen LogP contribution in [0.25, 0.3) is 11.6 Å². The first kappa shape index (κ1) is 16.9. The first-order chi connectivity index (χ1) is 14.8. The van der Waals surface area contributed by atoms with Crippen molar-refractivity contribution in [3.63, 3.8) is 0 Å². The molecule has 0 amide bonds. The molecule has 0 atom stereocenters. The Morgan fingerprint density at radius 3 is 2.33 bits per heavy atom. The second kappa shape index (κ2) is 6.78. The Balaban J connectivity index is 1.57. The normalized spacial score (nSPS) is 19.0.